The average Bonchev–Trinajstić information content (AvgIpc) is 2.98. The Kier molecular flexibility index (Phi) is 9.29. The zero-order chi connectivity index (χ0) is 32.7. The fourth-order valence-corrected chi connectivity index (χ4v) is 5.25. The lowest BCUT2D eigenvalue weighted by Crippen LogP contribution is -2.61. The number of hydrogen-bond donors (Lipinski definition) is 9. The number of fused-ring (bicyclic) bond motifs is 1. The summed E-state index contributed by atoms with van der Waals surface area (Å²) in [4.78, 5) is 11.4. The van der Waals surface area contributed by atoms with Gasteiger partial charge in [-0.25, -0.2) is 0 Å². The number of aromatic hydroxyl groups is 4. The minimum absolute atomic E-state index is 0.0302. The van der Waals surface area contributed by atoms with Gasteiger partial charge in [0.25, 0.3) is 0 Å². The van der Waals surface area contributed by atoms with E-state index in [0.717, 1.165) is 13.0 Å². The maximum Gasteiger partial charge on any atom is 0.303 e. The molecule has 2 saturated heterocycles. The summed E-state index contributed by atoms with van der Waals surface area (Å²) >= 11 is 0. The number of phenolic OH excluding ortho intramolecular Hbond substituents is 4. The number of phenols is 4. The first-order valence-corrected chi connectivity index (χ1v) is 13.9. The molecule has 0 spiro atoms. The molecule has 11 atom stereocenters. The molecule has 0 bridgehead atoms. The molecule has 0 aromatic heterocycles. The number of rotatable bonds is 7. The number of carbonyl (C=O) groups excluding carboxylic acids is 1. The Labute approximate surface area is 255 Å². The van der Waals surface area contributed by atoms with Crippen molar-refractivity contribution in [3.63, 3.8) is 0 Å². The predicted octanol–water partition coefficient (Wildman–Crippen LogP) is -0.777. The molecule has 2 fully saturated rings. The Morgan fingerprint density at radius 2 is 1.53 bits per heavy atom. The molecule has 2 aromatic carbocycles. The average molecular weight is 639 g/mol. The molecule has 3 aliphatic heterocycles. The van der Waals surface area contributed by atoms with Crippen molar-refractivity contribution in [3.05, 3.63) is 47.2 Å². The van der Waals surface area contributed by atoms with Crippen LogP contribution >= 0.6 is 0 Å². The molecule has 11 unspecified atom stereocenters. The summed E-state index contributed by atoms with van der Waals surface area (Å²) in [6, 6.07) is 6.04. The molecule has 246 valence electrons. The van der Waals surface area contributed by atoms with Gasteiger partial charge in [0.1, 0.15) is 59.6 Å². The standard InChI is InChI=1S/C29H34O16/c1-10-26(42-11(2)30)23(37)25(39)28(41-10)40-9-20-21(35)22(36)24(38)29(45-20)44-19-8-14-16(33)6-13(31)7-18(14)43-27(19)12-3-4-15(32)17(34)5-12/h3-8,10,20-29,31-39H,9H2,1-2H3. The highest BCUT2D eigenvalue weighted by molar-refractivity contribution is 5.70. The van der Waals surface area contributed by atoms with Gasteiger partial charge in [-0.2, -0.15) is 0 Å². The zero-order valence-corrected chi connectivity index (χ0v) is 23.9. The number of ether oxygens (including phenoxy) is 6. The minimum atomic E-state index is -1.83. The Hall–Kier alpha value is -3.87. The second-order valence-corrected chi connectivity index (χ2v) is 10.9. The van der Waals surface area contributed by atoms with Crippen LogP contribution in [-0.2, 0) is 28.5 Å². The quantitative estimate of drug-likeness (QED) is 0.133. The first kappa shape index (κ1) is 32.5. The molecular weight excluding hydrogens is 604 g/mol. The van der Waals surface area contributed by atoms with E-state index in [2.05, 4.69) is 0 Å². The van der Waals surface area contributed by atoms with E-state index in [-0.39, 0.29) is 34.1 Å². The highest BCUT2D eigenvalue weighted by atomic mass is 16.7. The largest absolute Gasteiger partial charge is 0.508 e. The fourth-order valence-electron chi connectivity index (χ4n) is 5.25. The summed E-state index contributed by atoms with van der Waals surface area (Å²) in [6.45, 7) is 2.07. The number of aliphatic hydroxyl groups excluding tert-OH is 5. The van der Waals surface area contributed by atoms with Crippen LogP contribution in [0.3, 0.4) is 0 Å². The van der Waals surface area contributed by atoms with Crippen molar-refractivity contribution in [1.82, 2.24) is 0 Å². The Balaban J connectivity index is 1.36. The molecule has 0 amide bonds. The number of hydrogen-bond acceptors (Lipinski definition) is 16. The molecule has 0 aliphatic carbocycles. The molecule has 16 heteroatoms. The number of esters is 1. The van der Waals surface area contributed by atoms with E-state index in [9.17, 15) is 50.8 Å². The molecule has 0 radical (unpaired) electrons. The smallest absolute Gasteiger partial charge is 0.303 e. The predicted molar refractivity (Wildman–Crippen MR) is 147 cm³/mol. The van der Waals surface area contributed by atoms with E-state index in [4.69, 9.17) is 28.4 Å². The summed E-state index contributed by atoms with van der Waals surface area (Å²) < 4.78 is 33.7. The summed E-state index contributed by atoms with van der Waals surface area (Å²) in [6.07, 6.45) is -15.1. The zero-order valence-electron chi connectivity index (χ0n) is 23.9. The maximum absolute atomic E-state index is 11.4. The van der Waals surface area contributed by atoms with Crippen molar-refractivity contribution in [1.29, 1.82) is 0 Å². The van der Waals surface area contributed by atoms with Gasteiger partial charge < -0.3 is 74.4 Å². The van der Waals surface area contributed by atoms with Crippen LogP contribution < -0.4 is 4.74 Å². The van der Waals surface area contributed by atoms with Crippen molar-refractivity contribution in [3.8, 4) is 28.7 Å². The van der Waals surface area contributed by atoms with Crippen molar-refractivity contribution < 1.29 is 79.2 Å². The van der Waals surface area contributed by atoms with Crippen LogP contribution in [0.2, 0.25) is 0 Å². The van der Waals surface area contributed by atoms with E-state index < -0.39 is 91.6 Å². The van der Waals surface area contributed by atoms with Gasteiger partial charge in [-0.05, 0) is 25.1 Å². The van der Waals surface area contributed by atoms with Crippen LogP contribution in [-0.4, -0.2) is 120 Å². The van der Waals surface area contributed by atoms with Gasteiger partial charge in [0, 0.05) is 24.6 Å². The van der Waals surface area contributed by atoms with Gasteiger partial charge in [0.05, 0.1) is 18.3 Å². The Morgan fingerprint density at radius 1 is 0.822 bits per heavy atom. The number of benzene rings is 2. The second kappa shape index (κ2) is 12.9. The third kappa shape index (κ3) is 6.58. The van der Waals surface area contributed by atoms with Gasteiger partial charge in [0.15, 0.2) is 30.0 Å². The van der Waals surface area contributed by atoms with Crippen LogP contribution in [0.1, 0.15) is 31.1 Å². The lowest BCUT2D eigenvalue weighted by molar-refractivity contribution is -0.325. The normalized spacial score (nSPS) is 34.6. The van der Waals surface area contributed by atoms with E-state index in [1.807, 2.05) is 0 Å². The highest BCUT2D eigenvalue weighted by Crippen LogP contribution is 2.45. The first-order valence-electron chi connectivity index (χ1n) is 13.9. The SMILES string of the molecule is CC(=O)OC1C(C)OC(OCC2OC(OC3=Cc4c(O)cc(O)cc4OC3c3ccc(O)c(O)c3)C(O)C(O)C2O)C(O)C1O. The van der Waals surface area contributed by atoms with E-state index in [1.54, 1.807) is 0 Å². The van der Waals surface area contributed by atoms with Gasteiger partial charge in [-0.3, -0.25) is 4.79 Å². The Bertz CT molecular complexity index is 1430. The summed E-state index contributed by atoms with van der Waals surface area (Å²) in [5, 5.41) is 93.2. The molecule has 16 nitrogen and oxygen atoms in total. The molecule has 45 heavy (non-hydrogen) atoms. The molecular formula is C29H34O16. The van der Waals surface area contributed by atoms with Crippen molar-refractivity contribution in [2.45, 2.75) is 81.4 Å². The lowest BCUT2D eigenvalue weighted by atomic mass is 9.98. The van der Waals surface area contributed by atoms with E-state index >= 15 is 0 Å². The first-order chi connectivity index (χ1) is 21.2. The topological polar surface area (TPSA) is 255 Å². The van der Waals surface area contributed by atoms with Crippen molar-refractivity contribution >= 4 is 12.0 Å². The monoisotopic (exact) mass is 638 g/mol. The number of aliphatic hydroxyl groups is 5. The molecule has 9 N–H and O–H groups in total. The van der Waals surface area contributed by atoms with E-state index in [0.29, 0.717) is 0 Å². The van der Waals surface area contributed by atoms with Crippen LogP contribution in [0.15, 0.2) is 36.1 Å². The van der Waals surface area contributed by atoms with Crippen LogP contribution in [0.4, 0.5) is 0 Å². The highest BCUT2D eigenvalue weighted by Gasteiger charge is 2.49. The van der Waals surface area contributed by atoms with E-state index in [1.165, 1.54) is 37.3 Å². The summed E-state index contributed by atoms with van der Waals surface area (Å²) in [7, 11) is 0. The lowest BCUT2D eigenvalue weighted by Gasteiger charge is -2.43. The number of carbonyl (C=O) groups is 1. The van der Waals surface area contributed by atoms with Gasteiger partial charge in [-0.1, -0.05) is 6.07 Å². The third-order valence-corrected chi connectivity index (χ3v) is 7.62. The van der Waals surface area contributed by atoms with Gasteiger partial charge in [-0.15, -0.1) is 0 Å². The molecule has 5 rings (SSSR count). The van der Waals surface area contributed by atoms with Crippen LogP contribution in [0, 0.1) is 0 Å². The van der Waals surface area contributed by atoms with Gasteiger partial charge >= 0.3 is 5.97 Å². The fraction of sp³-hybridized carbons (Fsp3) is 0.483. The van der Waals surface area contributed by atoms with Crippen molar-refractivity contribution in [2.75, 3.05) is 6.61 Å². The molecule has 3 heterocycles. The molecule has 0 saturated carbocycles. The van der Waals surface area contributed by atoms with Gasteiger partial charge in [0.2, 0.25) is 6.29 Å². The Morgan fingerprint density at radius 3 is 2.22 bits per heavy atom. The molecule has 2 aromatic rings. The molecule has 3 aliphatic rings. The second-order valence-electron chi connectivity index (χ2n) is 10.9. The third-order valence-electron chi connectivity index (χ3n) is 7.62. The van der Waals surface area contributed by atoms with Crippen LogP contribution in [0.5, 0.6) is 28.7 Å². The van der Waals surface area contributed by atoms with Crippen molar-refractivity contribution in [2.24, 2.45) is 0 Å². The maximum atomic E-state index is 11.4. The summed E-state index contributed by atoms with van der Waals surface area (Å²) in [5.41, 5.74) is 0.315. The minimum Gasteiger partial charge on any atom is -0.508 e. The summed E-state index contributed by atoms with van der Waals surface area (Å²) in [5.74, 6) is -2.38. The van der Waals surface area contributed by atoms with Crippen LogP contribution in [0.25, 0.3) is 6.08 Å².